The van der Waals surface area contributed by atoms with Gasteiger partial charge in [-0.3, -0.25) is 9.69 Å². The molecule has 0 spiro atoms. The number of fused-ring (bicyclic) bond motifs is 1. The highest BCUT2D eigenvalue weighted by atomic mass is 16.5. The molecule has 154 valence electrons. The molecule has 1 amide bonds. The van der Waals surface area contributed by atoms with Crippen LogP contribution in [0.2, 0.25) is 0 Å². The lowest BCUT2D eigenvalue weighted by molar-refractivity contribution is 0.0914. The summed E-state index contributed by atoms with van der Waals surface area (Å²) in [6.07, 6.45) is 3.46. The van der Waals surface area contributed by atoms with E-state index in [0.29, 0.717) is 18.2 Å². The molecule has 1 aliphatic heterocycles. The highest BCUT2D eigenvalue weighted by Crippen LogP contribution is 2.35. The number of carbonyl (C=O) groups excluding carboxylic acids is 1. The number of ether oxygens (including phenoxy) is 1. The summed E-state index contributed by atoms with van der Waals surface area (Å²) in [5.74, 6) is 0.749. The Morgan fingerprint density at radius 1 is 1.07 bits per heavy atom. The molecule has 29 heavy (non-hydrogen) atoms. The number of methoxy groups -OCH3 is 1. The molecule has 1 heterocycles. The molecule has 1 unspecified atom stereocenters. The molecule has 2 aliphatic rings. The molecular weight excluding hydrogens is 362 g/mol. The molecule has 0 aromatic heterocycles. The monoisotopic (exact) mass is 393 g/mol. The number of aryl methyl sites for hydroxylation is 1. The fraction of sp³-hybridized carbons (Fsp3) is 0.458. The van der Waals surface area contributed by atoms with Gasteiger partial charge >= 0.3 is 0 Å². The Balaban J connectivity index is 1.16. The van der Waals surface area contributed by atoms with Gasteiger partial charge in [-0.25, -0.2) is 0 Å². The van der Waals surface area contributed by atoms with Crippen LogP contribution in [-0.2, 0) is 6.42 Å². The number of rotatable bonds is 7. The van der Waals surface area contributed by atoms with E-state index < -0.39 is 0 Å². The van der Waals surface area contributed by atoms with Crippen molar-refractivity contribution in [2.45, 2.75) is 25.3 Å². The first-order valence-electron chi connectivity index (χ1n) is 10.7. The van der Waals surface area contributed by atoms with Crippen LogP contribution in [0.4, 0.5) is 0 Å². The van der Waals surface area contributed by atoms with Gasteiger partial charge in [0.1, 0.15) is 5.75 Å². The zero-order chi connectivity index (χ0) is 20.1. The second kappa shape index (κ2) is 9.42. The number of nitrogens with zero attached hydrogens (tertiary/aromatic N) is 2. The van der Waals surface area contributed by atoms with Crippen LogP contribution in [0.3, 0.4) is 0 Å². The quantitative estimate of drug-likeness (QED) is 0.734. The second-order valence-corrected chi connectivity index (χ2v) is 7.97. The molecule has 1 N–H and O–H groups in total. The summed E-state index contributed by atoms with van der Waals surface area (Å²) in [7, 11) is 1.63. The Morgan fingerprint density at radius 2 is 1.83 bits per heavy atom. The average Bonchev–Trinajstić information content (AvgIpc) is 3.21. The van der Waals surface area contributed by atoms with Crippen LogP contribution in [0.5, 0.6) is 5.75 Å². The van der Waals surface area contributed by atoms with E-state index >= 15 is 0 Å². The van der Waals surface area contributed by atoms with Gasteiger partial charge < -0.3 is 15.0 Å². The Labute approximate surface area is 173 Å². The van der Waals surface area contributed by atoms with Crippen molar-refractivity contribution in [3.8, 4) is 5.75 Å². The molecule has 0 bridgehead atoms. The van der Waals surface area contributed by atoms with Crippen LogP contribution in [0.15, 0.2) is 48.5 Å². The van der Waals surface area contributed by atoms with Gasteiger partial charge in [-0.15, -0.1) is 0 Å². The van der Waals surface area contributed by atoms with Gasteiger partial charge in [-0.2, -0.15) is 0 Å². The summed E-state index contributed by atoms with van der Waals surface area (Å²) in [6, 6.07) is 16.8. The summed E-state index contributed by atoms with van der Waals surface area (Å²) < 4.78 is 5.13. The van der Waals surface area contributed by atoms with Crippen molar-refractivity contribution in [2.24, 2.45) is 0 Å². The summed E-state index contributed by atoms with van der Waals surface area (Å²) >= 11 is 0. The summed E-state index contributed by atoms with van der Waals surface area (Å²) in [4.78, 5) is 17.4. The Kier molecular flexibility index (Phi) is 6.47. The van der Waals surface area contributed by atoms with Gasteiger partial charge in [0.05, 0.1) is 7.11 Å². The van der Waals surface area contributed by atoms with Gasteiger partial charge in [-0.1, -0.05) is 24.3 Å². The van der Waals surface area contributed by atoms with Crippen LogP contribution >= 0.6 is 0 Å². The van der Waals surface area contributed by atoms with Crippen molar-refractivity contribution >= 4 is 5.91 Å². The Hall–Kier alpha value is -2.37. The van der Waals surface area contributed by atoms with Crippen molar-refractivity contribution in [3.63, 3.8) is 0 Å². The van der Waals surface area contributed by atoms with Crippen LogP contribution < -0.4 is 10.1 Å². The van der Waals surface area contributed by atoms with Crippen LogP contribution in [-0.4, -0.2) is 62.1 Å². The van der Waals surface area contributed by atoms with Gasteiger partial charge in [0.2, 0.25) is 0 Å². The average molecular weight is 394 g/mol. The zero-order valence-electron chi connectivity index (χ0n) is 17.3. The smallest absolute Gasteiger partial charge is 0.251 e. The lowest BCUT2D eigenvalue weighted by Crippen LogP contribution is -2.47. The topological polar surface area (TPSA) is 44.8 Å². The zero-order valence-corrected chi connectivity index (χ0v) is 17.3. The van der Waals surface area contributed by atoms with Crippen LogP contribution in [0, 0.1) is 0 Å². The van der Waals surface area contributed by atoms with E-state index in [1.54, 1.807) is 24.8 Å². The molecule has 1 aliphatic carbocycles. The van der Waals surface area contributed by atoms with E-state index in [1.165, 1.54) is 18.4 Å². The number of hydrogen-bond donors (Lipinski definition) is 1. The largest absolute Gasteiger partial charge is 0.497 e. The van der Waals surface area contributed by atoms with Gasteiger partial charge in [-0.05, 0) is 61.2 Å². The fourth-order valence-electron chi connectivity index (χ4n) is 4.56. The maximum absolute atomic E-state index is 12.2. The molecule has 1 atom stereocenters. The molecule has 0 saturated carbocycles. The van der Waals surface area contributed by atoms with E-state index in [1.807, 2.05) is 12.1 Å². The summed E-state index contributed by atoms with van der Waals surface area (Å²) in [5, 5.41) is 3.02. The maximum Gasteiger partial charge on any atom is 0.251 e. The van der Waals surface area contributed by atoms with Crippen molar-refractivity contribution in [3.05, 3.63) is 65.2 Å². The second-order valence-electron chi connectivity index (χ2n) is 7.97. The van der Waals surface area contributed by atoms with Crippen molar-refractivity contribution in [2.75, 3.05) is 46.4 Å². The third-order valence-corrected chi connectivity index (χ3v) is 6.24. The molecule has 0 radical (unpaired) electrons. The first-order chi connectivity index (χ1) is 14.2. The molecule has 1 saturated heterocycles. The van der Waals surface area contributed by atoms with E-state index in [0.717, 1.165) is 44.9 Å². The number of hydrogen-bond acceptors (Lipinski definition) is 4. The van der Waals surface area contributed by atoms with Crippen molar-refractivity contribution < 1.29 is 9.53 Å². The standard InChI is InChI=1S/C24H31N3O2/c1-29-21-10-7-20(8-11-21)24(28)25-13-4-14-26-15-17-27(18-16-26)23-12-9-19-5-2-3-6-22(19)23/h2-3,5-8,10-11,23H,4,9,12-18H2,1H3,(H,25,28). The SMILES string of the molecule is COc1ccc(C(=O)NCCCN2CCN(C3CCc4ccccc43)CC2)cc1. The molecular formula is C24H31N3O2. The minimum absolute atomic E-state index is 0.0163. The minimum Gasteiger partial charge on any atom is -0.497 e. The molecule has 2 aromatic rings. The summed E-state index contributed by atoms with van der Waals surface area (Å²) in [6.45, 7) is 6.25. The molecule has 2 aromatic carbocycles. The summed E-state index contributed by atoms with van der Waals surface area (Å²) in [5.41, 5.74) is 3.76. The first kappa shape index (κ1) is 19.9. The third-order valence-electron chi connectivity index (χ3n) is 6.24. The number of piperazine rings is 1. The third kappa shape index (κ3) is 4.80. The lowest BCUT2D eigenvalue weighted by atomic mass is 10.1. The lowest BCUT2D eigenvalue weighted by Gasteiger charge is -2.38. The van der Waals surface area contributed by atoms with E-state index in [4.69, 9.17) is 4.74 Å². The molecule has 5 nitrogen and oxygen atoms in total. The number of benzene rings is 2. The van der Waals surface area contributed by atoms with Crippen LogP contribution in [0.1, 0.15) is 40.4 Å². The fourth-order valence-corrected chi connectivity index (χ4v) is 4.56. The first-order valence-corrected chi connectivity index (χ1v) is 10.7. The highest BCUT2D eigenvalue weighted by molar-refractivity contribution is 5.94. The normalized spacial score (nSPS) is 19.7. The van der Waals surface area contributed by atoms with E-state index in [2.05, 4.69) is 39.4 Å². The molecule has 1 fully saturated rings. The number of carbonyl (C=O) groups is 1. The highest BCUT2D eigenvalue weighted by Gasteiger charge is 2.29. The van der Waals surface area contributed by atoms with E-state index in [9.17, 15) is 4.79 Å². The van der Waals surface area contributed by atoms with Gasteiger partial charge in [0, 0.05) is 44.3 Å². The predicted molar refractivity (Wildman–Crippen MR) is 115 cm³/mol. The Morgan fingerprint density at radius 3 is 2.59 bits per heavy atom. The Bertz CT molecular complexity index is 813. The molecule has 5 heteroatoms. The van der Waals surface area contributed by atoms with E-state index in [-0.39, 0.29) is 5.91 Å². The van der Waals surface area contributed by atoms with Crippen molar-refractivity contribution in [1.29, 1.82) is 0 Å². The maximum atomic E-state index is 12.2. The number of nitrogens with one attached hydrogen (secondary N) is 1. The predicted octanol–water partition coefficient (Wildman–Crippen LogP) is 3.12. The van der Waals surface area contributed by atoms with Crippen LogP contribution in [0.25, 0.3) is 0 Å². The molecule has 4 rings (SSSR count). The van der Waals surface area contributed by atoms with Crippen molar-refractivity contribution in [1.82, 2.24) is 15.1 Å². The minimum atomic E-state index is -0.0163. The van der Waals surface area contributed by atoms with Gasteiger partial charge in [0.25, 0.3) is 5.91 Å². The number of amides is 1. The van der Waals surface area contributed by atoms with Gasteiger partial charge in [0.15, 0.2) is 0 Å².